The van der Waals surface area contributed by atoms with E-state index in [1.165, 1.54) is 19.2 Å². The fourth-order valence-electron chi connectivity index (χ4n) is 2.29. The number of aryl methyl sites for hydroxylation is 2. The van der Waals surface area contributed by atoms with Crippen LogP contribution in [0.3, 0.4) is 0 Å². The first-order chi connectivity index (χ1) is 12.9. The van der Waals surface area contributed by atoms with E-state index in [-0.39, 0.29) is 17.3 Å². The number of hydrogen-bond donors (Lipinski definition) is 3. The molecule has 1 atom stereocenters. The van der Waals surface area contributed by atoms with Crippen LogP contribution in [0.1, 0.15) is 30.3 Å². The van der Waals surface area contributed by atoms with Gasteiger partial charge < -0.3 is 0 Å². The normalized spacial score (nSPS) is 14.0. The molecule has 1 aromatic carbocycles. The maximum absolute atomic E-state index is 13.4. The van der Waals surface area contributed by atoms with Gasteiger partial charge in [-0.05, 0) is 48.7 Å². The van der Waals surface area contributed by atoms with Gasteiger partial charge in [-0.2, -0.15) is 0 Å². The lowest BCUT2D eigenvalue weighted by Gasteiger charge is -2.08. The van der Waals surface area contributed by atoms with Crippen LogP contribution in [0, 0.1) is 12.7 Å². The molecule has 9 nitrogen and oxygen atoms in total. The van der Waals surface area contributed by atoms with Crippen LogP contribution in [-0.2, 0) is 16.3 Å². The Hall–Kier alpha value is -2.37. The van der Waals surface area contributed by atoms with Crippen LogP contribution in [0.4, 0.5) is 10.1 Å². The van der Waals surface area contributed by atoms with E-state index in [0.717, 1.165) is 0 Å². The molecule has 1 aromatic heterocycles. The molecular formula is C16H23FN6O3S. The van der Waals surface area contributed by atoms with E-state index in [2.05, 4.69) is 24.4 Å². The predicted molar refractivity (Wildman–Crippen MR) is 99.9 cm³/mol. The van der Waals surface area contributed by atoms with E-state index in [1.807, 2.05) is 5.48 Å². The summed E-state index contributed by atoms with van der Waals surface area (Å²) in [7, 11) is -0.857. The van der Waals surface area contributed by atoms with Crippen LogP contribution in [-0.4, -0.2) is 44.9 Å². The lowest BCUT2D eigenvalue weighted by Crippen LogP contribution is -2.26. The predicted octanol–water partition coefficient (Wildman–Crippen LogP) is 2.13. The molecule has 0 fully saturated rings. The van der Waals surface area contributed by atoms with E-state index in [4.69, 9.17) is 4.63 Å². The molecule has 2 rings (SSSR count). The third-order valence-corrected chi connectivity index (χ3v) is 5.90. The summed E-state index contributed by atoms with van der Waals surface area (Å²) in [6.45, 7) is 3.88. The van der Waals surface area contributed by atoms with Crippen molar-refractivity contribution < 1.29 is 18.4 Å². The Bertz CT molecular complexity index is 921. The molecule has 148 valence electrons. The van der Waals surface area contributed by atoms with Crippen LogP contribution in [0.5, 0.6) is 0 Å². The van der Waals surface area contributed by atoms with Crippen LogP contribution < -0.4 is 10.2 Å². The number of nitrogens with one attached hydrogen (secondary N) is 2. The van der Waals surface area contributed by atoms with Gasteiger partial charge >= 0.3 is 0 Å². The van der Waals surface area contributed by atoms with Crippen molar-refractivity contribution in [1.29, 1.82) is 0 Å². The highest BCUT2D eigenvalue weighted by Gasteiger charge is 2.16. The van der Waals surface area contributed by atoms with Crippen LogP contribution in [0.2, 0.25) is 0 Å². The SMILES string of the molecule is CCS(=O)(=NC)NCCCc1nonc1C(=Nc1ccc(F)c(C)c1)NO. The van der Waals surface area contributed by atoms with Crippen molar-refractivity contribution in [3.63, 3.8) is 0 Å². The fourth-order valence-corrected chi connectivity index (χ4v) is 3.35. The minimum atomic E-state index is -2.38. The standard InChI is InChI=1S/C16H23FN6O3S/c1-4-27(25,18-3)19-9-5-6-14-15(23-26-22-14)16(21-24)20-12-7-8-13(17)11(2)10-12/h7-8,10,24H,4-6,9H2,1-3H3,(H,20,21)(H,18,19,25). The first-order valence-electron chi connectivity index (χ1n) is 8.36. The van der Waals surface area contributed by atoms with Gasteiger partial charge in [0.1, 0.15) is 21.4 Å². The summed E-state index contributed by atoms with van der Waals surface area (Å²) in [5.41, 5.74) is 3.57. The van der Waals surface area contributed by atoms with E-state index in [9.17, 15) is 13.8 Å². The first-order valence-corrected chi connectivity index (χ1v) is 10.0. The summed E-state index contributed by atoms with van der Waals surface area (Å²) in [4.78, 5) is 4.23. The second-order valence-corrected chi connectivity index (χ2v) is 8.19. The Morgan fingerprint density at radius 3 is 2.81 bits per heavy atom. The third-order valence-electron chi connectivity index (χ3n) is 3.87. The van der Waals surface area contributed by atoms with Gasteiger partial charge in [0.25, 0.3) is 0 Å². The van der Waals surface area contributed by atoms with Gasteiger partial charge in [0, 0.05) is 19.3 Å². The molecule has 11 heteroatoms. The van der Waals surface area contributed by atoms with Crippen molar-refractivity contribution in [2.24, 2.45) is 9.36 Å². The number of hydrogen-bond acceptors (Lipinski definition) is 7. The zero-order valence-corrected chi connectivity index (χ0v) is 16.2. The number of halogens is 1. The Labute approximate surface area is 157 Å². The molecule has 0 spiro atoms. The number of hydroxylamine groups is 1. The second kappa shape index (κ2) is 9.53. The largest absolute Gasteiger partial charge is 0.290 e. The summed E-state index contributed by atoms with van der Waals surface area (Å²) >= 11 is 0. The Morgan fingerprint density at radius 2 is 2.19 bits per heavy atom. The van der Waals surface area contributed by atoms with Crippen molar-refractivity contribution in [1.82, 2.24) is 20.5 Å². The monoisotopic (exact) mass is 398 g/mol. The van der Waals surface area contributed by atoms with E-state index >= 15 is 0 Å². The zero-order chi connectivity index (χ0) is 19.9. The second-order valence-electron chi connectivity index (χ2n) is 5.67. The molecule has 2 aromatic rings. The highest BCUT2D eigenvalue weighted by Crippen LogP contribution is 2.18. The number of rotatable bonds is 8. The summed E-state index contributed by atoms with van der Waals surface area (Å²) in [5, 5.41) is 17.0. The van der Waals surface area contributed by atoms with Gasteiger partial charge in [-0.15, -0.1) is 0 Å². The number of aromatic nitrogens is 2. The van der Waals surface area contributed by atoms with Crippen LogP contribution >= 0.6 is 0 Å². The van der Waals surface area contributed by atoms with Gasteiger partial charge in [-0.25, -0.2) is 27.3 Å². The molecule has 0 saturated heterocycles. The average molecular weight is 398 g/mol. The molecule has 0 saturated carbocycles. The highest BCUT2D eigenvalue weighted by atomic mass is 32.2. The molecule has 0 bridgehead atoms. The molecule has 3 N–H and O–H groups in total. The minimum absolute atomic E-state index is 0.0335. The number of aliphatic imine (C=N–C) groups is 1. The zero-order valence-electron chi connectivity index (χ0n) is 15.4. The molecule has 1 unspecified atom stereocenters. The van der Waals surface area contributed by atoms with Crippen LogP contribution in [0.25, 0.3) is 0 Å². The van der Waals surface area contributed by atoms with Crippen molar-refractivity contribution in [2.75, 3.05) is 19.3 Å². The topological polar surface area (TPSA) is 125 Å². The average Bonchev–Trinajstić information content (AvgIpc) is 3.14. The Balaban J connectivity index is 2.10. The smallest absolute Gasteiger partial charge is 0.181 e. The quantitative estimate of drug-likeness (QED) is 0.271. The molecule has 0 radical (unpaired) electrons. The molecule has 0 aliphatic heterocycles. The minimum Gasteiger partial charge on any atom is -0.290 e. The molecule has 0 aliphatic carbocycles. The van der Waals surface area contributed by atoms with E-state index < -0.39 is 9.92 Å². The summed E-state index contributed by atoms with van der Waals surface area (Å²) in [6.07, 6.45) is 1.06. The van der Waals surface area contributed by atoms with E-state index in [1.54, 1.807) is 19.9 Å². The molecule has 1 heterocycles. The summed E-state index contributed by atoms with van der Waals surface area (Å²) in [6, 6.07) is 4.31. The highest BCUT2D eigenvalue weighted by molar-refractivity contribution is 7.91. The van der Waals surface area contributed by atoms with Crippen molar-refractivity contribution in [3.8, 4) is 0 Å². The van der Waals surface area contributed by atoms with Gasteiger partial charge in [-0.3, -0.25) is 10.7 Å². The lowest BCUT2D eigenvalue weighted by atomic mass is 10.2. The number of nitrogens with zero attached hydrogens (tertiary/aromatic N) is 4. The Kier molecular flexibility index (Phi) is 7.39. The maximum Gasteiger partial charge on any atom is 0.181 e. The first kappa shape index (κ1) is 20.9. The lowest BCUT2D eigenvalue weighted by molar-refractivity contribution is 0.234. The molecular weight excluding hydrogens is 375 g/mol. The van der Waals surface area contributed by atoms with Gasteiger partial charge in [0.05, 0.1) is 5.69 Å². The third kappa shape index (κ3) is 5.55. The summed E-state index contributed by atoms with van der Waals surface area (Å²) < 4.78 is 37.1. The summed E-state index contributed by atoms with van der Waals surface area (Å²) in [5.74, 6) is 0.111. The number of benzene rings is 1. The van der Waals surface area contributed by atoms with Crippen molar-refractivity contribution in [2.45, 2.75) is 26.7 Å². The maximum atomic E-state index is 13.4. The van der Waals surface area contributed by atoms with Gasteiger partial charge in [0.15, 0.2) is 11.5 Å². The van der Waals surface area contributed by atoms with Gasteiger partial charge in [0.2, 0.25) is 0 Å². The van der Waals surface area contributed by atoms with Crippen LogP contribution in [0.15, 0.2) is 32.2 Å². The van der Waals surface area contributed by atoms with Crippen molar-refractivity contribution >= 4 is 21.4 Å². The van der Waals surface area contributed by atoms with E-state index in [0.29, 0.717) is 42.1 Å². The van der Waals surface area contributed by atoms with Crippen molar-refractivity contribution in [3.05, 3.63) is 41.0 Å². The fraction of sp³-hybridized carbons (Fsp3) is 0.438. The molecule has 27 heavy (non-hydrogen) atoms. The molecule has 0 aliphatic rings. The van der Waals surface area contributed by atoms with Gasteiger partial charge in [-0.1, -0.05) is 12.1 Å². The number of amidine groups is 1. The Morgan fingerprint density at radius 1 is 1.41 bits per heavy atom. The molecule has 0 amide bonds.